The third-order valence-corrected chi connectivity index (χ3v) is 13.0. The maximum absolute atomic E-state index is 12.6. The topological polar surface area (TPSA) is 8.81 Å². The second kappa shape index (κ2) is 33.9. The van der Waals surface area contributed by atoms with Crippen molar-refractivity contribution in [2.75, 3.05) is 0 Å². The molecule has 0 spiro atoms. The molecule has 0 aliphatic carbocycles. The van der Waals surface area contributed by atoms with Gasteiger partial charge in [0.1, 0.15) is 5.82 Å². The fourth-order valence-corrected chi connectivity index (χ4v) is 10.3. The van der Waals surface area contributed by atoms with Crippen molar-refractivity contribution in [3.63, 3.8) is 0 Å². The van der Waals surface area contributed by atoms with E-state index in [0.717, 1.165) is 12.1 Å². The molecule has 63 heavy (non-hydrogen) atoms. The van der Waals surface area contributed by atoms with Crippen LogP contribution in [0.4, 0.5) is 4.39 Å². The number of hydrogen-bond donors (Lipinski definition) is 0. The Bertz CT molecular complexity index is 1990. The molecule has 8 aromatic rings. The Morgan fingerprint density at radius 1 is 0.460 bits per heavy atom. The first-order valence-corrected chi connectivity index (χ1v) is 23.8. The number of nitrogens with zero attached hydrogens (tertiary/aromatic N) is 2. The van der Waals surface area contributed by atoms with Gasteiger partial charge in [0.25, 0.3) is 0 Å². The van der Waals surface area contributed by atoms with E-state index in [4.69, 9.17) is 69.6 Å². The molecule has 0 N–H and O–H groups in total. The molecule has 0 fully saturated rings. The molecule has 7 aromatic carbocycles. The SMILES string of the molecule is ClC(Cl)Cl.ClC(Cl)Cl.Cn1[c-][n+](Cc2ccc(F)cc2)cc1.[Cl-].[Cl-].[Pt+2].c1ccc(P(c2ccccc2)c2ccccc2)cc1.c1ccc(P(c2ccccc2)c2ccccc2)cc1. The predicted octanol–water partition coefficient (Wildman–Crippen LogP) is 6.17. The molecule has 0 aliphatic rings. The number of alkyl halides is 6. The zero-order chi connectivity index (χ0) is 43.0. The number of aromatic nitrogens is 2. The van der Waals surface area contributed by atoms with E-state index in [-0.39, 0.29) is 51.7 Å². The van der Waals surface area contributed by atoms with Crippen molar-refractivity contribution in [1.29, 1.82) is 0 Å². The Labute approximate surface area is 431 Å². The molecule has 332 valence electrons. The maximum atomic E-state index is 12.6. The van der Waals surface area contributed by atoms with E-state index >= 15 is 0 Å². The molecule has 1 aromatic heterocycles. The van der Waals surface area contributed by atoms with Gasteiger partial charge in [-0.3, -0.25) is 0 Å². The Morgan fingerprint density at radius 2 is 0.698 bits per heavy atom. The number of benzene rings is 7. The van der Waals surface area contributed by atoms with E-state index < -0.39 is 24.4 Å². The van der Waals surface area contributed by atoms with Crippen LogP contribution in [0.25, 0.3) is 0 Å². The van der Waals surface area contributed by atoms with Crippen molar-refractivity contribution >= 4 is 117 Å². The quantitative estimate of drug-likeness (QED) is 0.0747. The van der Waals surface area contributed by atoms with Crippen molar-refractivity contribution in [2.24, 2.45) is 7.05 Å². The maximum Gasteiger partial charge on any atom is 2.00 e. The molecule has 0 unspecified atom stereocenters. The van der Waals surface area contributed by atoms with E-state index in [1.54, 1.807) is 12.1 Å². The molecule has 0 amide bonds. The molecule has 0 atom stereocenters. The van der Waals surface area contributed by atoms with Crippen LogP contribution < -0.4 is 61.2 Å². The average molecular weight is 1220 g/mol. The summed E-state index contributed by atoms with van der Waals surface area (Å²) in [5.41, 5.74) is 1.07. The molecule has 8 rings (SSSR count). The van der Waals surface area contributed by atoms with Crippen LogP contribution in [0.2, 0.25) is 0 Å². The van der Waals surface area contributed by atoms with Crippen LogP contribution in [0.15, 0.2) is 219 Å². The van der Waals surface area contributed by atoms with Gasteiger partial charge in [-0.25, -0.2) is 4.39 Å². The van der Waals surface area contributed by atoms with Gasteiger partial charge >= 0.3 is 21.1 Å². The van der Waals surface area contributed by atoms with Gasteiger partial charge in [0.05, 0.1) is 13.6 Å². The van der Waals surface area contributed by atoms with Crippen molar-refractivity contribution in [3.05, 3.63) is 236 Å². The van der Waals surface area contributed by atoms with E-state index in [2.05, 4.69) is 188 Å². The molecule has 0 saturated heterocycles. The van der Waals surface area contributed by atoms with E-state index in [0.29, 0.717) is 0 Å². The normalized spacial score (nSPS) is 9.84. The van der Waals surface area contributed by atoms with Crippen LogP contribution in [0.3, 0.4) is 0 Å². The summed E-state index contributed by atoms with van der Waals surface area (Å²) in [6, 6.07) is 71.2. The minimum absolute atomic E-state index is 0. The number of halogens is 9. The summed E-state index contributed by atoms with van der Waals surface area (Å²) in [5, 5.41) is 8.39. The van der Waals surface area contributed by atoms with Gasteiger partial charge in [0.15, 0.2) is 8.59 Å². The van der Waals surface area contributed by atoms with Crippen molar-refractivity contribution in [1.82, 2.24) is 4.57 Å². The van der Waals surface area contributed by atoms with Crippen LogP contribution in [-0.4, -0.2) is 13.2 Å². The fraction of sp³-hybridized carbons (Fsp3) is 0.0816. The molecule has 0 saturated carbocycles. The minimum Gasteiger partial charge on any atom is -1.00 e. The largest absolute Gasteiger partial charge is 2.00 e. The second-order valence-corrected chi connectivity index (χ2v) is 20.8. The third kappa shape index (κ3) is 23.0. The summed E-state index contributed by atoms with van der Waals surface area (Å²) in [6.07, 6.45) is 6.93. The van der Waals surface area contributed by atoms with Crippen molar-refractivity contribution in [3.8, 4) is 0 Å². The third-order valence-electron chi connectivity index (χ3n) is 8.11. The van der Waals surface area contributed by atoms with Crippen LogP contribution in [-0.2, 0) is 34.7 Å². The first kappa shape index (κ1) is 58.6. The Hall–Kier alpha value is -2.45. The molecular formula is C49H43Cl8FN2P2Pt. The molecule has 0 radical (unpaired) electrons. The molecule has 1 heterocycles. The van der Waals surface area contributed by atoms with Crippen LogP contribution >= 0.6 is 85.4 Å². The van der Waals surface area contributed by atoms with E-state index in [1.807, 2.05) is 28.6 Å². The molecule has 14 heteroatoms. The monoisotopic (exact) mass is 1220 g/mol. The first-order valence-electron chi connectivity index (χ1n) is 18.5. The van der Waals surface area contributed by atoms with Gasteiger partial charge in [-0.1, -0.05) is 264 Å². The molecular weight excluding hydrogens is 1180 g/mol. The van der Waals surface area contributed by atoms with E-state index in [9.17, 15) is 4.39 Å². The first-order chi connectivity index (χ1) is 29.1. The van der Waals surface area contributed by atoms with Crippen LogP contribution in [0.1, 0.15) is 5.56 Å². The minimum atomic E-state index is -0.750. The number of imidazole rings is 1. The summed E-state index contributed by atoms with van der Waals surface area (Å²) >= 11 is 28.8. The predicted molar refractivity (Wildman–Crippen MR) is 263 cm³/mol. The number of aryl methyl sites for hydroxylation is 1. The standard InChI is InChI=1S/2C18H15P.C11H11FN2.2CHCl3.2ClH.Pt/c2*1-4-10-16(11-5-1)19(17-12-6-2-7-13-17)18-14-8-3-9-15-18;1-13-6-7-14(9-13)8-10-2-4-11(12)5-3-10;2*2-1(3)4;;;/h2*1-15H;2-7H,8H2,1H3;2*1H;2*1H;/q;;;;;;;+2/p-2. The van der Waals surface area contributed by atoms with Crippen molar-refractivity contribution < 1.29 is 54.8 Å². The summed E-state index contributed by atoms with van der Waals surface area (Å²) in [6.45, 7) is 0.723. The Balaban J connectivity index is 0.000000429. The van der Waals surface area contributed by atoms with Gasteiger partial charge in [0.2, 0.25) is 6.33 Å². The van der Waals surface area contributed by atoms with Gasteiger partial charge < -0.3 is 33.9 Å². The zero-order valence-electron chi connectivity index (χ0n) is 33.7. The summed E-state index contributed by atoms with van der Waals surface area (Å²) < 4.78 is 14.9. The molecule has 2 nitrogen and oxygen atoms in total. The van der Waals surface area contributed by atoms with Gasteiger partial charge in [-0.2, -0.15) is 0 Å². The second-order valence-electron chi connectivity index (χ2n) is 12.4. The summed E-state index contributed by atoms with van der Waals surface area (Å²) in [7, 11) is 1.03. The van der Waals surface area contributed by atoms with Gasteiger partial charge in [-0.15, -0.1) is 0 Å². The Morgan fingerprint density at radius 3 is 0.905 bits per heavy atom. The number of hydrogen-bond acceptors (Lipinski definition) is 0. The summed E-state index contributed by atoms with van der Waals surface area (Å²) in [4.78, 5) is 0. The Kier molecular flexibility index (Phi) is 31.6. The molecule has 0 bridgehead atoms. The smallest absolute Gasteiger partial charge is 1.00 e. The van der Waals surface area contributed by atoms with Crippen LogP contribution in [0, 0.1) is 12.1 Å². The van der Waals surface area contributed by atoms with Gasteiger partial charge in [0, 0.05) is 0 Å². The average Bonchev–Trinajstić information content (AvgIpc) is 3.68. The molecule has 0 aliphatic heterocycles. The number of rotatable bonds is 8. The summed E-state index contributed by atoms with van der Waals surface area (Å²) in [5.74, 6) is -0.198. The fourth-order valence-electron chi connectivity index (χ4n) is 5.68. The van der Waals surface area contributed by atoms with E-state index in [1.165, 1.54) is 44.0 Å². The van der Waals surface area contributed by atoms with Crippen molar-refractivity contribution in [2.45, 2.75) is 15.1 Å². The van der Waals surface area contributed by atoms with Crippen LogP contribution in [0.5, 0.6) is 0 Å². The van der Waals surface area contributed by atoms with Gasteiger partial charge in [-0.05, 0) is 77.8 Å². The zero-order valence-corrected chi connectivity index (χ0v) is 43.8.